The predicted octanol–water partition coefficient (Wildman–Crippen LogP) is 3.22. The molecule has 1 heterocycles. The molecule has 0 radical (unpaired) electrons. The predicted molar refractivity (Wildman–Crippen MR) is 104 cm³/mol. The second-order valence-corrected chi connectivity index (χ2v) is 6.93. The number of carbonyl (C=O) groups excluding carboxylic acids is 2. The van der Waals surface area contributed by atoms with Crippen molar-refractivity contribution >= 4 is 39.1 Å². The van der Waals surface area contributed by atoms with Crippen LogP contribution in [0.3, 0.4) is 0 Å². The molecule has 0 saturated carbocycles. The van der Waals surface area contributed by atoms with Crippen LogP contribution in [0.15, 0.2) is 47.5 Å². The van der Waals surface area contributed by atoms with Gasteiger partial charge >= 0.3 is 5.97 Å². The monoisotopic (exact) mass is 399 g/mol. The standard InChI is InChI=1S/C19H17N3O5S/c1-3-27-16(23)11-21-17-12(2)6-4-9-15(17)28-19(21)20-18(24)13-7-5-8-14(10-13)22(25)26/h4-10H,3,11H2,1-2H3. The second-order valence-electron chi connectivity index (χ2n) is 5.92. The maximum Gasteiger partial charge on any atom is 0.326 e. The lowest BCUT2D eigenvalue weighted by Crippen LogP contribution is -2.23. The lowest BCUT2D eigenvalue weighted by atomic mass is 10.2. The molecule has 0 aliphatic heterocycles. The third-order valence-electron chi connectivity index (χ3n) is 4.00. The van der Waals surface area contributed by atoms with E-state index in [9.17, 15) is 19.7 Å². The van der Waals surface area contributed by atoms with Crippen LogP contribution >= 0.6 is 11.3 Å². The fourth-order valence-corrected chi connectivity index (χ4v) is 3.88. The zero-order valence-electron chi connectivity index (χ0n) is 15.2. The van der Waals surface area contributed by atoms with Crippen LogP contribution in [0, 0.1) is 17.0 Å². The average Bonchev–Trinajstić information content (AvgIpc) is 3.00. The van der Waals surface area contributed by atoms with Gasteiger partial charge in [0.1, 0.15) is 6.54 Å². The molecule has 3 aromatic rings. The maximum atomic E-state index is 12.6. The van der Waals surface area contributed by atoms with Crippen molar-refractivity contribution in [1.82, 2.24) is 4.57 Å². The van der Waals surface area contributed by atoms with E-state index in [1.54, 1.807) is 11.5 Å². The minimum Gasteiger partial charge on any atom is -0.465 e. The molecule has 144 valence electrons. The molecule has 0 bridgehead atoms. The van der Waals surface area contributed by atoms with Crippen LogP contribution < -0.4 is 4.80 Å². The zero-order valence-corrected chi connectivity index (χ0v) is 16.1. The number of esters is 1. The Balaban J connectivity index is 2.12. The Kier molecular flexibility index (Phi) is 5.65. The number of non-ortho nitro benzene ring substituents is 1. The first-order chi connectivity index (χ1) is 13.4. The van der Waals surface area contributed by atoms with Crippen molar-refractivity contribution in [2.75, 3.05) is 6.61 Å². The van der Waals surface area contributed by atoms with Gasteiger partial charge in [0.25, 0.3) is 11.6 Å². The van der Waals surface area contributed by atoms with E-state index in [1.807, 2.05) is 25.1 Å². The van der Waals surface area contributed by atoms with Gasteiger partial charge in [-0.2, -0.15) is 4.99 Å². The first-order valence-corrected chi connectivity index (χ1v) is 9.30. The van der Waals surface area contributed by atoms with Gasteiger partial charge in [0, 0.05) is 17.7 Å². The first kappa shape index (κ1) is 19.4. The van der Waals surface area contributed by atoms with Crippen LogP contribution in [0.2, 0.25) is 0 Å². The van der Waals surface area contributed by atoms with Crippen molar-refractivity contribution in [2.45, 2.75) is 20.4 Å². The Morgan fingerprint density at radius 2 is 2.00 bits per heavy atom. The van der Waals surface area contributed by atoms with Crippen molar-refractivity contribution in [1.29, 1.82) is 0 Å². The molecule has 0 atom stereocenters. The van der Waals surface area contributed by atoms with Gasteiger partial charge in [-0.1, -0.05) is 29.5 Å². The first-order valence-electron chi connectivity index (χ1n) is 8.48. The lowest BCUT2D eigenvalue weighted by molar-refractivity contribution is -0.384. The van der Waals surface area contributed by atoms with Crippen molar-refractivity contribution in [2.24, 2.45) is 4.99 Å². The minimum atomic E-state index is -0.620. The number of hydrogen-bond donors (Lipinski definition) is 0. The average molecular weight is 399 g/mol. The van der Waals surface area contributed by atoms with E-state index < -0.39 is 16.8 Å². The molecule has 1 amide bonds. The molecule has 0 aliphatic carbocycles. The number of aromatic nitrogens is 1. The van der Waals surface area contributed by atoms with E-state index in [0.717, 1.165) is 15.8 Å². The summed E-state index contributed by atoms with van der Waals surface area (Å²) >= 11 is 1.27. The Morgan fingerprint density at radius 3 is 2.71 bits per heavy atom. The Morgan fingerprint density at radius 1 is 1.25 bits per heavy atom. The fraction of sp³-hybridized carbons (Fsp3) is 0.211. The second kappa shape index (κ2) is 8.13. The molecule has 9 heteroatoms. The maximum absolute atomic E-state index is 12.6. The highest BCUT2D eigenvalue weighted by Gasteiger charge is 2.15. The van der Waals surface area contributed by atoms with Crippen LogP contribution in [0.25, 0.3) is 10.2 Å². The van der Waals surface area contributed by atoms with Crippen LogP contribution in [-0.4, -0.2) is 28.0 Å². The van der Waals surface area contributed by atoms with Gasteiger partial charge in [0.05, 0.1) is 21.7 Å². The zero-order chi connectivity index (χ0) is 20.3. The van der Waals surface area contributed by atoms with Crippen LogP contribution in [0.5, 0.6) is 0 Å². The van der Waals surface area contributed by atoms with E-state index in [4.69, 9.17) is 4.74 Å². The van der Waals surface area contributed by atoms with E-state index in [-0.39, 0.29) is 24.4 Å². The summed E-state index contributed by atoms with van der Waals surface area (Å²) < 4.78 is 7.55. The number of benzene rings is 2. The number of ether oxygens (including phenoxy) is 1. The fourth-order valence-electron chi connectivity index (χ4n) is 2.78. The molecule has 8 nitrogen and oxygen atoms in total. The van der Waals surface area contributed by atoms with Crippen LogP contribution in [0.1, 0.15) is 22.8 Å². The summed E-state index contributed by atoms with van der Waals surface area (Å²) in [7, 11) is 0. The lowest BCUT2D eigenvalue weighted by Gasteiger charge is -2.06. The largest absolute Gasteiger partial charge is 0.465 e. The van der Waals surface area contributed by atoms with Gasteiger partial charge in [-0.05, 0) is 31.5 Å². The molecule has 3 rings (SSSR count). The summed E-state index contributed by atoms with van der Waals surface area (Å²) in [5.41, 5.74) is 1.65. The van der Waals surface area contributed by atoms with Crippen LogP contribution in [-0.2, 0) is 16.1 Å². The highest BCUT2D eigenvalue weighted by molar-refractivity contribution is 7.16. The topological polar surface area (TPSA) is 104 Å². The summed E-state index contributed by atoms with van der Waals surface area (Å²) in [6, 6.07) is 11.1. The molecule has 1 aromatic heterocycles. The number of nitrogens with zero attached hydrogens (tertiary/aromatic N) is 3. The van der Waals surface area contributed by atoms with Gasteiger partial charge in [-0.25, -0.2) is 0 Å². The number of nitro benzene ring substituents is 1. The van der Waals surface area contributed by atoms with E-state index in [2.05, 4.69) is 4.99 Å². The van der Waals surface area contributed by atoms with E-state index >= 15 is 0 Å². The molecule has 28 heavy (non-hydrogen) atoms. The quantitative estimate of drug-likeness (QED) is 0.372. The normalized spacial score (nSPS) is 11.6. The van der Waals surface area contributed by atoms with Crippen molar-refractivity contribution in [3.63, 3.8) is 0 Å². The smallest absolute Gasteiger partial charge is 0.326 e. The number of carbonyl (C=O) groups is 2. The molecule has 0 aliphatic rings. The van der Waals surface area contributed by atoms with Gasteiger partial charge in [0.15, 0.2) is 4.80 Å². The van der Waals surface area contributed by atoms with Crippen molar-refractivity contribution < 1.29 is 19.2 Å². The number of nitro groups is 1. The number of fused-ring (bicyclic) bond motifs is 1. The Hall–Kier alpha value is -3.33. The van der Waals surface area contributed by atoms with Crippen molar-refractivity contribution in [3.05, 3.63) is 68.5 Å². The number of para-hydroxylation sites is 1. The Bertz CT molecular complexity index is 1150. The summed E-state index contributed by atoms with van der Waals surface area (Å²) in [5, 5.41) is 10.9. The molecule has 0 fully saturated rings. The SMILES string of the molecule is CCOC(=O)Cn1c(=NC(=O)c2cccc([N+](=O)[O-])c2)sc2cccc(C)c21. The number of hydrogen-bond acceptors (Lipinski definition) is 6. The summed E-state index contributed by atoms with van der Waals surface area (Å²) in [6.07, 6.45) is 0. The highest BCUT2D eigenvalue weighted by Crippen LogP contribution is 2.21. The molecule has 0 N–H and O–H groups in total. The van der Waals surface area contributed by atoms with E-state index in [0.29, 0.717) is 4.80 Å². The molecule has 0 spiro atoms. The summed E-state index contributed by atoms with van der Waals surface area (Å²) in [6.45, 7) is 3.79. The molecular formula is C19H17N3O5S. The summed E-state index contributed by atoms with van der Waals surface area (Å²) in [5.74, 6) is -1.06. The molecule has 0 unspecified atom stereocenters. The third kappa shape index (κ3) is 3.99. The molecule has 2 aromatic carbocycles. The van der Waals surface area contributed by atoms with Crippen molar-refractivity contribution in [3.8, 4) is 0 Å². The Labute approximate surface area is 163 Å². The number of thiazole rings is 1. The molecular weight excluding hydrogens is 382 g/mol. The third-order valence-corrected chi connectivity index (χ3v) is 5.04. The van der Waals surface area contributed by atoms with Crippen LogP contribution in [0.4, 0.5) is 5.69 Å². The molecule has 0 saturated heterocycles. The number of rotatable bonds is 5. The van der Waals surface area contributed by atoms with Gasteiger partial charge in [-0.15, -0.1) is 0 Å². The van der Waals surface area contributed by atoms with E-state index in [1.165, 1.54) is 35.6 Å². The number of aryl methyl sites for hydroxylation is 1. The van der Waals surface area contributed by atoms with Gasteiger partial charge in [0.2, 0.25) is 0 Å². The highest BCUT2D eigenvalue weighted by atomic mass is 32.1. The number of amides is 1. The van der Waals surface area contributed by atoms with Gasteiger partial charge in [-0.3, -0.25) is 19.7 Å². The van der Waals surface area contributed by atoms with Gasteiger partial charge < -0.3 is 9.30 Å². The minimum absolute atomic E-state index is 0.0836. The summed E-state index contributed by atoms with van der Waals surface area (Å²) in [4.78, 5) is 39.5.